The lowest BCUT2D eigenvalue weighted by atomic mass is 9.99. The molecule has 0 spiro atoms. The van der Waals surface area contributed by atoms with Gasteiger partial charge in [-0.25, -0.2) is 14.9 Å². The summed E-state index contributed by atoms with van der Waals surface area (Å²) in [5.41, 5.74) is 0.783. The van der Waals surface area contributed by atoms with Crippen molar-refractivity contribution in [2.45, 2.75) is 12.8 Å². The fourth-order valence-corrected chi connectivity index (χ4v) is 3.21. The van der Waals surface area contributed by atoms with Crippen LogP contribution in [0.3, 0.4) is 0 Å². The Morgan fingerprint density at radius 3 is 3.08 bits per heavy atom. The second kappa shape index (κ2) is 7.90. The van der Waals surface area contributed by atoms with Crippen molar-refractivity contribution in [2.24, 2.45) is 5.92 Å². The average molecular weight is 353 g/mol. The molecule has 3 rings (SSSR count). The van der Waals surface area contributed by atoms with Crippen LogP contribution in [-0.2, 0) is 14.1 Å². The van der Waals surface area contributed by atoms with E-state index in [0.29, 0.717) is 0 Å². The molecule has 0 aliphatic carbocycles. The summed E-state index contributed by atoms with van der Waals surface area (Å²) >= 11 is 0. The molecule has 0 amide bonds. The lowest BCUT2D eigenvalue weighted by molar-refractivity contribution is -0.217. The van der Waals surface area contributed by atoms with Crippen LogP contribution in [0.2, 0.25) is 0 Å². The first kappa shape index (κ1) is 17.1. The lowest BCUT2D eigenvalue weighted by Crippen LogP contribution is -2.37. The van der Waals surface area contributed by atoms with Gasteiger partial charge in [-0.05, 0) is 25.0 Å². The number of hydrogen-bond donors (Lipinski definition) is 1. The van der Waals surface area contributed by atoms with Crippen molar-refractivity contribution in [3.63, 3.8) is 0 Å². The molecule has 0 bridgehead atoms. The van der Waals surface area contributed by atoms with Gasteiger partial charge in [0.05, 0.1) is 13.7 Å². The zero-order chi connectivity index (χ0) is 16.9. The fourth-order valence-electron chi connectivity index (χ4n) is 3.04. The fraction of sp³-hybridized carbons (Fsp3) is 0.467. The first-order chi connectivity index (χ1) is 11.7. The van der Waals surface area contributed by atoms with Gasteiger partial charge in [0, 0.05) is 24.4 Å². The van der Waals surface area contributed by atoms with Gasteiger partial charge in [0.25, 0.3) is 0 Å². The lowest BCUT2D eigenvalue weighted by Gasteiger charge is -2.33. The van der Waals surface area contributed by atoms with Crippen molar-refractivity contribution in [1.29, 1.82) is 0 Å². The third-order valence-corrected chi connectivity index (χ3v) is 4.34. The molecule has 1 fully saturated rings. The third kappa shape index (κ3) is 3.84. The first-order valence-corrected chi connectivity index (χ1v) is 9.00. The Hall–Kier alpha value is -1.73. The van der Waals surface area contributed by atoms with Crippen molar-refractivity contribution in [2.75, 3.05) is 31.7 Å². The average Bonchev–Trinajstić information content (AvgIpc) is 2.60. The number of para-hydroxylation sites is 1. The molecule has 2 heterocycles. The number of piperidine rings is 1. The van der Waals surface area contributed by atoms with Gasteiger partial charge >= 0.3 is 8.25 Å². The van der Waals surface area contributed by atoms with E-state index >= 15 is 0 Å². The van der Waals surface area contributed by atoms with Gasteiger partial charge < -0.3 is 14.5 Å². The molecule has 0 radical (unpaired) electrons. The molecule has 1 saturated heterocycles. The molecule has 2 atom stereocenters. The summed E-state index contributed by atoms with van der Waals surface area (Å²) in [6.07, 6.45) is 3.50. The molecule has 24 heavy (non-hydrogen) atoms. The number of aromatic nitrogens is 2. The SMILES string of the molecule is COc1cccc2c(N3CCCC(COO[PH](=O)O)C3)ncnc12. The second-order valence-electron chi connectivity index (χ2n) is 5.64. The van der Waals surface area contributed by atoms with Gasteiger partial charge in [-0.2, -0.15) is 4.67 Å². The van der Waals surface area contributed by atoms with Gasteiger partial charge in [0.15, 0.2) is 0 Å². The van der Waals surface area contributed by atoms with E-state index in [-0.39, 0.29) is 12.5 Å². The monoisotopic (exact) mass is 353 g/mol. The Kier molecular flexibility index (Phi) is 5.63. The molecule has 2 aromatic rings. The van der Waals surface area contributed by atoms with Crippen molar-refractivity contribution >= 4 is 25.0 Å². The van der Waals surface area contributed by atoms with Gasteiger partial charge in [-0.15, -0.1) is 0 Å². The Labute approximate surface area is 140 Å². The van der Waals surface area contributed by atoms with E-state index in [1.165, 1.54) is 0 Å². The van der Waals surface area contributed by atoms with E-state index in [4.69, 9.17) is 14.5 Å². The minimum Gasteiger partial charge on any atom is -0.494 e. The van der Waals surface area contributed by atoms with Crippen LogP contribution in [0.25, 0.3) is 10.9 Å². The molecule has 8 nitrogen and oxygen atoms in total. The molecule has 2 unspecified atom stereocenters. The Bertz CT molecular complexity index is 729. The van der Waals surface area contributed by atoms with Crippen LogP contribution in [0.4, 0.5) is 5.82 Å². The summed E-state index contributed by atoms with van der Waals surface area (Å²) in [7, 11) is -1.43. The predicted octanol–water partition coefficient (Wildman–Crippen LogP) is 2.18. The molecular formula is C15H20N3O5P. The number of rotatable bonds is 6. The minimum atomic E-state index is -3.06. The van der Waals surface area contributed by atoms with E-state index in [1.807, 2.05) is 18.2 Å². The number of methoxy groups -OCH3 is 1. The molecule has 130 valence electrons. The second-order valence-corrected chi connectivity index (χ2v) is 6.34. The van der Waals surface area contributed by atoms with Crippen LogP contribution >= 0.6 is 8.25 Å². The summed E-state index contributed by atoms with van der Waals surface area (Å²) in [6, 6.07) is 5.78. The maximum absolute atomic E-state index is 10.5. The number of ether oxygens (including phenoxy) is 1. The Morgan fingerprint density at radius 2 is 2.29 bits per heavy atom. The normalized spacial score (nSPS) is 19.4. The third-order valence-electron chi connectivity index (χ3n) is 4.08. The van der Waals surface area contributed by atoms with Gasteiger partial charge in [-0.3, -0.25) is 4.57 Å². The van der Waals surface area contributed by atoms with Crippen molar-refractivity contribution in [1.82, 2.24) is 9.97 Å². The Morgan fingerprint density at radius 1 is 1.42 bits per heavy atom. The predicted molar refractivity (Wildman–Crippen MR) is 89.3 cm³/mol. The molecule has 0 saturated carbocycles. The van der Waals surface area contributed by atoms with E-state index in [0.717, 1.165) is 48.4 Å². The van der Waals surface area contributed by atoms with Crippen LogP contribution in [0.5, 0.6) is 5.75 Å². The highest BCUT2D eigenvalue weighted by molar-refractivity contribution is 7.31. The number of anilines is 1. The molecule has 9 heteroatoms. The highest BCUT2D eigenvalue weighted by Crippen LogP contribution is 2.31. The van der Waals surface area contributed by atoms with Gasteiger partial charge in [-0.1, -0.05) is 6.07 Å². The summed E-state index contributed by atoms with van der Waals surface area (Å²) < 4.78 is 20.2. The summed E-state index contributed by atoms with van der Waals surface area (Å²) in [6.45, 7) is 1.90. The molecule has 1 N–H and O–H groups in total. The largest absolute Gasteiger partial charge is 0.494 e. The number of hydrogen-bond acceptors (Lipinski definition) is 7. The topological polar surface area (TPSA) is 94.0 Å². The van der Waals surface area contributed by atoms with Crippen LogP contribution < -0.4 is 9.64 Å². The van der Waals surface area contributed by atoms with E-state index in [9.17, 15) is 4.57 Å². The van der Waals surface area contributed by atoms with Crippen molar-refractivity contribution in [3.05, 3.63) is 24.5 Å². The van der Waals surface area contributed by atoms with E-state index in [1.54, 1.807) is 13.4 Å². The molecule has 1 aromatic carbocycles. The van der Waals surface area contributed by atoms with Gasteiger partial charge in [0.1, 0.15) is 23.4 Å². The van der Waals surface area contributed by atoms with Crippen LogP contribution in [0.15, 0.2) is 24.5 Å². The molecule has 1 aromatic heterocycles. The van der Waals surface area contributed by atoms with Crippen LogP contribution in [0.1, 0.15) is 12.8 Å². The number of nitrogens with zero attached hydrogens (tertiary/aromatic N) is 3. The summed E-state index contributed by atoms with van der Waals surface area (Å²) in [5.74, 6) is 1.78. The molecule has 1 aliphatic heterocycles. The van der Waals surface area contributed by atoms with Crippen molar-refractivity contribution in [3.8, 4) is 5.75 Å². The zero-order valence-electron chi connectivity index (χ0n) is 13.3. The maximum atomic E-state index is 10.5. The summed E-state index contributed by atoms with van der Waals surface area (Å²) in [5, 5.41) is 0.940. The van der Waals surface area contributed by atoms with E-state index < -0.39 is 8.25 Å². The zero-order valence-corrected chi connectivity index (χ0v) is 14.3. The Balaban J connectivity index is 1.78. The van der Waals surface area contributed by atoms with Gasteiger partial charge in [0.2, 0.25) is 0 Å². The first-order valence-electron chi connectivity index (χ1n) is 7.74. The van der Waals surface area contributed by atoms with Crippen molar-refractivity contribution < 1.29 is 23.8 Å². The summed E-state index contributed by atoms with van der Waals surface area (Å²) in [4.78, 5) is 24.4. The maximum Gasteiger partial charge on any atom is 0.344 e. The number of benzene rings is 1. The number of fused-ring (bicyclic) bond motifs is 1. The molecule has 1 aliphatic rings. The van der Waals surface area contributed by atoms with Crippen LogP contribution in [0, 0.1) is 5.92 Å². The quantitative estimate of drug-likeness (QED) is 0.480. The smallest absolute Gasteiger partial charge is 0.344 e. The highest BCUT2D eigenvalue weighted by Gasteiger charge is 2.23. The minimum absolute atomic E-state index is 0.204. The van der Waals surface area contributed by atoms with Crippen LogP contribution in [-0.4, -0.2) is 41.7 Å². The molecular weight excluding hydrogens is 333 g/mol. The van der Waals surface area contributed by atoms with E-state index in [2.05, 4.69) is 19.5 Å². The standard InChI is InChI=1S/C15H20N3O5P/c1-21-13-6-2-5-12-14(13)16-10-17-15(12)18-7-3-4-11(8-18)9-22-23-24(19)20/h2,5-6,10-11,24H,3-4,7-9H2,1H3,(H,19,20). The highest BCUT2D eigenvalue weighted by atomic mass is 31.1.